The minimum atomic E-state index is 0.0833. The number of rotatable bonds is 7. The van der Waals surface area contributed by atoms with Crippen LogP contribution in [0.1, 0.15) is 23.6 Å². The first-order chi connectivity index (χ1) is 14.1. The smallest absolute Gasteiger partial charge is 0.237 e. The van der Waals surface area contributed by atoms with Crippen molar-refractivity contribution in [2.75, 3.05) is 13.6 Å². The lowest BCUT2D eigenvalue weighted by molar-refractivity contribution is -0.129. The van der Waals surface area contributed by atoms with Crippen LogP contribution in [0.3, 0.4) is 0 Å². The summed E-state index contributed by atoms with van der Waals surface area (Å²) in [4.78, 5) is 15.0. The minimum Gasteiger partial charge on any atom is -0.340 e. The Hall–Kier alpha value is -2.56. The van der Waals surface area contributed by atoms with E-state index in [1.807, 2.05) is 61.6 Å². The molecule has 152 valence electrons. The second kappa shape index (κ2) is 12.8. The highest BCUT2D eigenvalue weighted by molar-refractivity contribution is 7.97. The third-order valence-electron chi connectivity index (χ3n) is 4.44. The number of likely N-dealkylation sites (N-methyl/N-ethyl adjacent to an activating group) is 1. The number of nitrogens with one attached hydrogen (secondary N) is 1. The van der Waals surface area contributed by atoms with Gasteiger partial charge in [-0.25, -0.2) is 0 Å². The quantitative estimate of drug-likeness (QED) is 0.526. The zero-order chi connectivity index (χ0) is 20.9. The first kappa shape index (κ1) is 22.7. The van der Waals surface area contributed by atoms with Crippen LogP contribution in [0.15, 0.2) is 89.8 Å². The van der Waals surface area contributed by atoms with E-state index in [-0.39, 0.29) is 5.91 Å². The van der Waals surface area contributed by atoms with Crippen molar-refractivity contribution in [3.8, 4) is 0 Å². The molecule has 0 spiro atoms. The van der Waals surface area contributed by atoms with E-state index in [0.29, 0.717) is 13.1 Å². The van der Waals surface area contributed by atoms with Gasteiger partial charge in [-0.1, -0.05) is 85.8 Å². The van der Waals surface area contributed by atoms with Gasteiger partial charge in [-0.2, -0.15) is 0 Å². The van der Waals surface area contributed by atoms with Gasteiger partial charge in [-0.15, -0.1) is 0 Å². The lowest BCUT2D eigenvalue weighted by atomic mass is 10.2. The standard InChI is InChI=1S/C17H20N2OS.C8H10/c1-14-8-6-7-11-16(14)21-18-12-17(20)19(2)13-15-9-4-3-5-10-15;1-2-8-6-4-3-5-7-8/h3-11,18H,12-13H2,1-2H3;3-7H,2H2,1H3. The monoisotopic (exact) mass is 406 g/mol. The first-order valence-corrected chi connectivity index (χ1v) is 10.7. The fraction of sp³-hybridized carbons (Fsp3) is 0.240. The second-order valence-corrected chi connectivity index (χ2v) is 7.70. The van der Waals surface area contributed by atoms with E-state index < -0.39 is 0 Å². The number of amides is 1. The minimum absolute atomic E-state index is 0.0833. The molecule has 0 aliphatic heterocycles. The molecule has 0 unspecified atom stereocenters. The van der Waals surface area contributed by atoms with Crippen LogP contribution in [0.2, 0.25) is 0 Å². The maximum absolute atomic E-state index is 12.1. The predicted molar refractivity (Wildman–Crippen MR) is 124 cm³/mol. The summed E-state index contributed by atoms with van der Waals surface area (Å²) in [7, 11) is 1.83. The fourth-order valence-electron chi connectivity index (χ4n) is 2.64. The second-order valence-electron chi connectivity index (χ2n) is 6.76. The Kier molecular flexibility index (Phi) is 10.0. The van der Waals surface area contributed by atoms with Gasteiger partial charge in [0.1, 0.15) is 0 Å². The molecule has 4 heteroatoms. The lowest BCUT2D eigenvalue weighted by Crippen LogP contribution is -2.32. The van der Waals surface area contributed by atoms with E-state index >= 15 is 0 Å². The molecule has 0 fully saturated rings. The predicted octanol–water partition coefficient (Wildman–Crippen LogP) is 5.50. The van der Waals surface area contributed by atoms with Crippen LogP contribution in [-0.4, -0.2) is 24.4 Å². The zero-order valence-electron chi connectivity index (χ0n) is 17.5. The van der Waals surface area contributed by atoms with Crippen molar-refractivity contribution >= 4 is 17.9 Å². The number of carbonyl (C=O) groups is 1. The number of hydrogen-bond donors (Lipinski definition) is 1. The number of carbonyl (C=O) groups excluding carboxylic acids is 1. The lowest BCUT2D eigenvalue weighted by Gasteiger charge is -2.17. The van der Waals surface area contributed by atoms with Crippen molar-refractivity contribution in [1.82, 2.24) is 9.62 Å². The summed E-state index contributed by atoms with van der Waals surface area (Å²) in [6.07, 6.45) is 1.14. The number of aryl methyl sites for hydroxylation is 2. The van der Waals surface area contributed by atoms with Gasteiger partial charge in [-0.05, 0) is 48.0 Å². The molecule has 0 saturated carbocycles. The van der Waals surface area contributed by atoms with Gasteiger partial charge in [0.05, 0.1) is 6.54 Å². The summed E-state index contributed by atoms with van der Waals surface area (Å²) in [5, 5.41) is 0. The Labute approximate surface area is 179 Å². The summed E-state index contributed by atoms with van der Waals surface area (Å²) in [6.45, 7) is 5.18. The molecule has 0 atom stereocenters. The summed E-state index contributed by atoms with van der Waals surface area (Å²) in [5.74, 6) is 0.0833. The number of nitrogens with zero attached hydrogens (tertiary/aromatic N) is 1. The Morgan fingerprint density at radius 2 is 1.41 bits per heavy atom. The van der Waals surface area contributed by atoms with Gasteiger partial charge in [0, 0.05) is 18.5 Å². The van der Waals surface area contributed by atoms with Crippen molar-refractivity contribution in [3.05, 3.63) is 102 Å². The molecule has 29 heavy (non-hydrogen) atoms. The van der Waals surface area contributed by atoms with Crippen LogP contribution < -0.4 is 4.72 Å². The van der Waals surface area contributed by atoms with Crippen LogP contribution in [0, 0.1) is 6.92 Å². The highest BCUT2D eigenvalue weighted by Crippen LogP contribution is 2.18. The van der Waals surface area contributed by atoms with Gasteiger partial charge in [0.15, 0.2) is 0 Å². The summed E-state index contributed by atoms with van der Waals surface area (Å²) < 4.78 is 3.13. The molecule has 0 aliphatic rings. The molecule has 0 radical (unpaired) electrons. The van der Waals surface area contributed by atoms with Crippen molar-refractivity contribution in [2.45, 2.75) is 31.7 Å². The molecule has 3 aromatic rings. The van der Waals surface area contributed by atoms with Crippen molar-refractivity contribution in [2.24, 2.45) is 0 Å². The first-order valence-electron chi connectivity index (χ1n) is 9.87. The van der Waals surface area contributed by atoms with Gasteiger partial charge in [0.2, 0.25) is 5.91 Å². The van der Waals surface area contributed by atoms with E-state index in [0.717, 1.165) is 16.9 Å². The molecule has 0 aliphatic carbocycles. The van der Waals surface area contributed by atoms with Crippen LogP contribution in [-0.2, 0) is 17.8 Å². The van der Waals surface area contributed by atoms with Crippen LogP contribution in [0.4, 0.5) is 0 Å². The molecular weight excluding hydrogens is 376 g/mol. The van der Waals surface area contributed by atoms with Gasteiger partial charge in [0.25, 0.3) is 0 Å². The third kappa shape index (κ3) is 8.55. The summed E-state index contributed by atoms with van der Waals surface area (Å²) in [5.41, 5.74) is 3.76. The average Bonchev–Trinajstić information content (AvgIpc) is 2.76. The third-order valence-corrected chi connectivity index (χ3v) is 5.41. The molecule has 1 amide bonds. The molecule has 0 saturated heterocycles. The van der Waals surface area contributed by atoms with Crippen LogP contribution >= 0.6 is 11.9 Å². The van der Waals surface area contributed by atoms with Crippen molar-refractivity contribution < 1.29 is 4.79 Å². The van der Waals surface area contributed by atoms with E-state index in [1.165, 1.54) is 23.1 Å². The average molecular weight is 407 g/mol. The highest BCUT2D eigenvalue weighted by Gasteiger charge is 2.09. The molecular formula is C25H30N2OS. The Morgan fingerprint density at radius 1 is 0.862 bits per heavy atom. The van der Waals surface area contributed by atoms with Crippen molar-refractivity contribution in [3.63, 3.8) is 0 Å². The SMILES string of the molecule is CCc1ccccc1.Cc1ccccc1SNCC(=O)N(C)Cc1ccccc1. The maximum atomic E-state index is 12.1. The molecule has 1 N–H and O–H groups in total. The van der Waals surface area contributed by atoms with Crippen molar-refractivity contribution in [1.29, 1.82) is 0 Å². The van der Waals surface area contributed by atoms with Gasteiger partial charge < -0.3 is 4.90 Å². The summed E-state index contributed by atoms with van der Waals surface area (Å²) >= 11 is 1.50. The number of benzene rings is 3. The molecule has 0 aromatic heterocycles. The van der Waals surface area contributed by atoms with E-state index in [2.05, 4.69) is 48.9 Å². The van der Waals surface area contributed by atoms with Gasteiger partial charge in [-0.3, -0.25) is 9.52 Å². The molecule has 3 rings (SSSR count). The fourth-order valence-corrected chi connectivity index (χ4v) is 3.37. The highest BCUT2D eigenvalue weighted by atomic mass is 32.2. The Balaban J connectivity index is 0.000000313. The topological polar surface area (TPSA) is 32.3 Å². The van der Waals surface area contributed by atoms with E-state index in [1.54, 1.807) is 4.90 Å². The van der Waals surface area contributed by atoms with Gasteiger partial charge >= 0.3 is 0 Å². The Bertz CT molecular complexity index is 853. The van der Waals surface area contributed by atoms with Crippen LogP contribution in [0.25, 0.3) is 0 Å². The maximum Gasteiger partial charge on any atom is 0.237 e. The zero-order valence-corrected chi connectivity index (χ0v) is 18.3. The molecule has 3 aromatic carbocycles. The molecule has 0 heterocycles. The van der Waals surface area contributed by atoms with E-state index in [9.17, 15) is 4.79 Å². The van der Waals surface area contributed by atoms with E-state index in [4.69, 9.17) is 0 Å². The normalized spacial score (nSPS) is 10.0. The largest absolute Gasteiger partial charge is 0.340 e. The molecule has 3 nitrogen and oxygen atoms in total. The summed E-state index contributed by atoms with van der Waals surface area (Å²) in [6, 6.07) is 28.6. The van der Waals surface area contributed by atoms with Crippen LogP contribution in [0.5, 0.6) is 0 Å². The molecule has 0 bridgehead atoms. The number of hydrogen-bond acceptors (Lipinski definition) is 3. The Morgan fingerprint density at radius 3 is 1.97 bits per heavy atom.